The fourth-order valence-electron chi connectivity index (χ4n) is 7.22. The predicted molar refractivity (Wildman–Crippen MR) is 267 cm³/mol. The molecule has 0 unspecified atom stereocenters. The molecule has 0 saturated carbocycles. The lowest BCUT2D eigenvalue weighted by atomic mass is 9.94. The Bertz CT molecular complexity index is 2870. The molecule has 0 atom stereocenters. The van der Waals surface area contributed by atoms with Crippen LogP contribution in [0.4, 0.5) is 25.0 Å². The van der Waals surface area contributed by atoms with Crippen LogP contribution in [0, 0.1) is 11.6 Å². The van der Waals surface area contributed by atoms with E-state index in [2.05, 4.69) is 20.2 Å². The summed E-state index contributed by atoms with van der Waals surface area (Å²) < 4.78 is 81.8. The third-order valence-corrected chi connectivity index (χ3v) is 12.3. The van der Waals surface area contributed by atoms with E-state index >= 15 is 0 Å². The molecule has 0 aliphatic rings. The van der Waals surface area contributed by atoms with E-state index in [1.807, 2.05) is 130 Å². The van der Waals surface area contributed by atoms with E-state index in [0.717, 1.165) is 22.4 Å². The summed E-state index contributed by atoms with van der Waals surface area (Å²) in [6, 6.07) is 26.4. The van der Waals surface area contributed by atoms with E-state index in [4.69, 9.17) is 10.9 Å². The molecule has 68 heavy (non-hydrogen) atoms. The number of urea groups is 1. The average molecular weight is 977 g/mol. The summed E-state index contributed by atoms with van der Waals surface area (Å²) in [6.45, 7) is 16.6. The van der Waals surface area contributed by atoms with Crippen molar-refractivity contribution >= 4 is 37.5 Å². The fourth-order valence-corrected chi connectivity index (χ4v) is 8.61. The van der Waals surface area contributed by atoms with Crippen LogP contribution in [0.2, 0.25) is 0 Å². The summed E-state index contributed by atoms with van der Waals surface area (Å²) in [5.41, 5.74) is 13.0. The van der Waals surface area contributed by atoms with E-state index in [1.165, 1.54) is 36.4 Å². The normalized spacial score (nSPS) is 11.8. The van der Waals surface area contributed by atoms with Crippen LogP contribution in [0.3, 0.4) is 0 Å². The second kappa shape index (κ2) is 23.3. The molecule has 0 saturated heterocycles. The predicted octanol–water partition coefficient (Wildman–Crippen LogP) is 9.34. The molecule has 0 aliphatic carbocycles. The van der Waals surface area contributed by atoms with Gasteiger partial charge in [-0.25, -0.2) is 31.9 Å². The smallest absolute Gasteiger partial charge is 0.333 e. The summed E-state index contributed by atoms with van der Waals surface area (Å²) in [7, 11) is -0.414. The molecule has 2 amide bonds. The minimum absolute atomic E-state index is 0.0658. The number of carbonyl (C=O) groups is 1. The molecule has 0 radical (unpaired) electrons. The summed E-state index contributed by atoms with van der Waals surface area (Å²) in [5.74, 6) is -0.593. The maximum atomic E-state index is 14.4. The highest BCUT2D eigenvalue weighted by Crippen LogP contribution is 2.36. The first kappa shape index (κ1) is 54.6. The van der Waals surface area contributed by atoms with Crippen LogP contribution >= 0.6 is 0 Å². The third kappa shape index (κ3) is 14.8. The maximum Gasteiger partial charge on any atom is 0.333 e. The number of nitrogens with zero attached hydrogens (tertiary/aromatic N) is 6. The van der Waals surface area contributed by atoms with Gasteiger partial charge >= 0.3 is 6.03 Å². The molecule has 2 heterocycles. The number of benzene rings is 4. The van der Waals surface area contributed by atoms with E-state index in [9.17, 15) is 30.4 Å². The van der Waals surface area contributed by atoms with Crippen LogP contribution in [0.15, 0.2) is 107 Å². The first-order chi connectivity index (χ1) is 31.7. The highest BCUT2D eigenvalue weighted by molar-refractivity contribution is 7.90. The molecular formula is C49H66F2N10O5S2. The number of carbonyl (C=O) groups excluding carboxylic acids is 1. The van der Waals surface area contributed by atoms with Gasteiger partial charge < -0.3 is 20.9 Å². The number of hydrogen-bond acceptors (Lipinski definition) is 10. The Hall–Kier alpha value is -5.99. The van der Waals surface area contributed by atoms with E-state index < -0.39 is 31.9 Å². The lowest BCUT2D eigenvalue weighted by molar-refractivity contribution is 0.256. The second-order valence-electron chi connectivity index (χ2n) is 18.0. The molecule has 0 bridgehead atoms. The lowest BCUT2D eigenvalue weighted by Crippen LogP contribution is -2.35. The molecule has 6 rings (SSSR count). The number of amides is 2. The Morgan fingerprint density at radius 3 is 1.47 bits per heavy atom. The summed E-state index contributed by atoms with van der Waals surface area (Å²) in [5, 5.41) is 15.6. The fraction of sp³-hybridized carbons (Fsp3) is 0.367. The molecule has 19 heteroatoms. The van der Waals surface area contributed by atoms with Gasteiger partial charge in [0.25, 0.3) is 20.0 Å². The van der Waals surface area contributed by atoms with Crippen molar-refractivity contribution in [3.05, 3.63) is 131 Å². The van der Waals surface area contributed by atoms with Crippen LogP contribution in [-0.2, 0) is 33.1 Å². The Balaban J connectivity index is 0.000000253. The monoisotopic (exact) mass is 976 g/mol. The van der Waals surface area contributed by atoms with Crippen molar-refractivity contribution in [3.63, 3.8) is 0 Å². The number of rotatable bonds is 14. The minimum atomic E-state index is -4.26. The standard InChI is InChI=1S/C25H32FN5O3S.C15H16FN.C9H18N4O2S/c1-16(2)21-12-19(26)13-22(18-10-8-7-9-11-18)24(21)27-25(32)29-35(33,34)23-14-20(15-30(5)6)31(28-23)17(3)4;1-10(2)13-8-12(16)9-14(15(13)17)11-6-4-3-5-7-11;1-7(2)13-8(6-12(3)4)5-9(11-13)16(10,14)15/h7-14,16-17H,15H2,1-6H3,(H2,27,29,32);3-10H,17H2,1-2H3;5,7H,6H2,1-4H3,(H2,10,14,15). The van der Waals surface area contributed by atoms with Crippen molar-refractivity contribution in [1.29, 1.82) is 0 Å². The average Bonchev–Trinajstić information content (AvgIpc) is 3.88. The molecule has 0 aliphatic heterocycles. The van der Waals surface area contributed by atoms with Gasteiger partial charge in [-0.3, -0.25) is 9.36 Å². The Morgan fingerprint density at radius 2 is 1.04 bits per heavy atom. The summed E-state index contributed by atoms with van der Waals surface area (Å²) >= 11 is 0. The molecule has 4 aromatic carbocycles. The second-order valence-corrected chi connectivity index (χ2v) is 21.2. The van der Waals surface area contributed by atoms with Crippen LogP contribution in [0.1, 0.15) is 102 Å². The number of sulfonamides is 2. The number of hydrogen-bond donors (Lipinski definition) is 4. The number of aromatic nitrogens is 4. The molecule has 6 aromatic rings. The van der Waals surface area contributed by atoms with Crippen LogP contribution < -0.4 is 20.9 Å². The van der Waals surface area contributed by atoms with Crippen molar-refractivity contribution < 1.29 is 30.4 Å². The van der Waals surface area contributed by atoms with Gasteiger partial charge in [-0.1, -0.05) is 88.4 Å². The van der Waals surface area contributed by atoms with E-state index in [-0.39, 0.29) is 39.8 Å². The first-order valence-electron chi connectivity index (χ1n) is 22.1. The van der Waals surface area contributed by atoms with Crippen molar-refractivity contribution in [2.24, 2.45) is 5.14 Å². The molecule has 2 aromatic heterocycles. The van der Waals surface area contributed by atoms with Gasteiger partial charge in [-0.15, -0.1) is 0 Å². The van der Waals surface area contributed by atoms with Crippen LogP contribution in [0.25, 0.3) is 22.3 Å². The topological polar surface area (TPSA) is 204 Å². The summed E-state index contributed by atoms with van der Waals surface area (Å²) in [4.78, 5) is 16.8. The Labute approximate surface area is 400 Å². The molecular weight excluding hydrogens is 911 g/mol. The first-order valence-corrected chi connectivity index (χ1v) is 25.1. The van der Waals surface area contributed by atoms with Crippen molar-refractivity contribution in [1.82, 2.24) is 34.1 Å². The van der Waals surface area contributed by atoms with Gasteiger partial charge in [0.05, 0.1) is 17.1 Å². The highest BCUT2D eigenvalue weighted by atomic mass is 32.2. The lowest BCUT2D eigenvalue weighted by Gasteiger charge is -2.19. The van der Waals surface area contributed by atoms with Gasteiger partial charge in [0, 0.05) is 54.1 Å². The van der Waals surface area contributed by atoms with Crippen LogP contribution in [0.5, 0.6) is 0 Å². The number of primary sulfonamides is 1. The largest absolute Gasteiger partial charge is 0.398 e. The Kier molecular flexibility index (Phi) is 18.8. The SMILES string of the molecule is CC(C)c1cc(F)cc(-c2ccccc2)c1N.CC(C)c1cc(F)cc(-c2ccccc2)c1NC(=O)NS(=O)(=O)c1cc(CN(C)C)n(C(C)C)n1.CC(C)n1nc(S(N)(=O)=O)cc1CN(C)C. The van der Waals surface area contributed by atoms with Gasteiger partial charge in [0.2, 0.25) is 0 Å². The molecule has 0 spiro atoms. The molecule has 0 fully saturated rings. The quantitative estimate of drug-likeness (QED) is 0.0762. The zero-order valence-electron chi connectivity index (χ0n) is 40.9. The summed E-state index contributed by atoms with van der Waals surface area (Å²) in [6.07, 6.45) is 0. The van der Waals surface area contributed by atoms with Gasteiger partial charge in [-0.2, -0.15) is 18.6 Å². The van der Waals surface area contributed by atoms with Gasteiger partial charge in [-0.05, 0) is 114 Å². The number of nitrogens with two attached hydrogens (primary N) is 2. The van der Waals surface area contributed by atoms with Crippen molar-refractivity contribution in [2.45, 2.75) is 102 Å². The Morgan fingerprint density at radius 1 is 0.632 bits per heavy atom. The number of anilines is 2. The number of nitrogen functional groups attached to an aromatic ring is 1. The van der Waals surface area contributed by atoms with Gasteiger partial charge in [0.15, 0.2) is 10.1 Å². The molecule has 368 valence electrons. The zero-order chi connectivity index (χ0) is 50.8. The third-order valence-electron chi connectivity index (χ3n) is 10.3. The molecule has 15 nitrogen and oxygen atoms in total. The van der Waals surface area contributed by atoms with E-state index in [0.29, 0.717) is 46.8 Å². The molecule has 6 N–H and O–H groups in total. The van der Waals surface area contributed by atoms with E-state index in [1.54, 1.807) is 33.6 Å². The number of nitrogens with one attached hydrogen (secondary N) is 2. The van der Waals surface area contributed by atoms with Crippen molar-refractivity contribution in [3.8, 4) is 22.3 Å². The number of halogens is 2. The maximum absolute atomic E-state index is 14.4. The van der Waals surface area contributed by atoms with Crippen molar-refractivity contribution in [2.75, 3.05) is 39.2 Å². The minimum Gasteiger partial charge on any atom is -0.398 e. The highest BCUT2D eigenvalue weighted by Gasteiger charge is 2.26. The van der Waals surface area contributed by atoms with Gasteiger partial charge in [0.1, 0.15) is 11.6 Å². The van der Waals surface area contributed by atoms with Crippen LogP contribution in [-0.4, -0.2) is 80.4 Å². The zero-order valence-corrected chi connectivity index (χ0v) is 42.5.